The summed E-state index contributed by atoms with van der Waals surface area (Å²) < 4.78 is 31.0. The first-order valence-corrected chi connectivity index (χ1v) is 8.14. The molecule has 0 N–H and O–H groups in total. The van der Waals surface area contributed by atoms with Gasteiger partial charge in [-0.2, -0.15) is 8.42 Å². The third-order valence-corrected chi connectivity index (χ3v) is 4.20. The van der Waals surface area contributed by atoms with Crippen molar-refractivity contribution >= 4 is 38.5 Å². The van der Waals surface area contributed by atoms with Crippen LogP contribution in [-0.2, 0) is 14.3 Å². The second-order valence-electron chi connectivity index (χ2n) is 3.69. The molecule has 0 aliphatic carbocycles. The van der Waals surface area contributed by atoms with Crippen LogP contribution in [0.3, 0.4) is 0 Å². The van der Waals surface area contributed by atoms with Crippen LogP contribution in [0.4, 0.5) is 0 Å². The first-order chi connectivity index (χ1) is 9.13. The molecule has 0 fully saturated rings. The van der Waals surface area contributed by atoms with Crippen LogP contribution in [0.15, 0.2) is 69.6 Å². The minimum atomic E-state index is -3.79. The Balaban J connectivity index is 2.30. The zero-order valence-corrected chi connectivity index (χ0v) is 12.8. The Morgan fingerprint density at radius 2 is 1.47 bits per heavy atom. The van der Waals surface area contributed by atoms with E-state index in [4.69, 9.17) is 4.18 Å². The van der Waals surface area contributed by atoms with E-state index < -0.39 is 10.1 Å². The molecule has 2 rings (SSSR count). The molecule has 0 radical (unpaired) electrons. The van der Waals surface area contributed by atoms with Gasteiger partial charge in [-0.05, 0) is 34.7 Å². The third-order valence-electron chi connectivity index (χ3n) is 2.39. The zero-order valence-electron chi connectivity index (χ0n) is 9.86. The summed E-state index contributed by atoms with van der Waals surface area (Å²) in [5.74, 6) is 0.310. The highest BCUT2D eigenvalue weighted by Crippen LogP contribution is 2.23. The summed E-state index contributed by atoms with van der Waals surface area (Å²) in [5.41, 5.74) is 0.719. The van der Waals surface area contributed by atoms with E-state index in [2.05, 4.69) is 0 Å². The molecule has 98 valence electrons. The van der Waals surface area contributed by atoms with E-state index in [-0.39, 0.29) is 4.90 Å². The van der Waals surface area contributed by atoms with Crippen LogP contribution in [0.2, 0.25) is 0 Å². The molecule has 0 aromatic heterocycles. The summed E-state index contributed by atoms with van der Waals surface area (Å²) in [5, 5.41) is 0. The van der Waals surface area contributed by atoms with Gasteiger partial charge in [0.2, 0.25) is 0 Å². The topological polar surface area (TPSA) is 43.4 Å². The molecule has 0 unspecified atom stereocenters. The van der Waals surface area contributed by atoms with E-state index in [1.165, 1.54) is 12.1 Å². The molecule has 0 heterocycles. The van der Waals surface area contributed by atoms with Gasteiger partial charge in [0.05, 0.1) is 0 Å². The van der Waals surface area contributed by atoms with Crippen molar-refractivity contribution in [2.45, 2.75) is 4.90 Å². The fourth-order valence-electron chi connectivity index (χ4n) is 1.49. The molecule has 19 heavy (non-hydrogen) atoms. The first-order valence-electron chi connectivity index (χ1n) is 5.49. The zero-order chi connectivity index (χ0) is 13.7. The summed E-state index contributed by atoms with van der Waals surface area (Å²) in [7, 11) is -3.79. The van der Waals surface area contributed by atoms with Crippen molar-refractivity contribution < 1.29 is 12.6 Å². The normalized spacial score (nSPS) is 12.2. The molecule has 2 aromatic carbocycles. The Morgan fingerprint density at radius 1 is 0.947 bits per heavy atom. The third kappa shape index (κ3) is 3.57. The molecular weight excluding hydrogens is 375 g/mol. The number of benzene rings is 2. The Bertz CT molecular complexity index is 664. The minimum Gasteiger partial charge on any atom is -0.378 e. The largest absolute Gasteiger partial charge is 0.378 e. The van der Waals surface area contributed by atoms with E-state index in [1.54, 1.807) is 34.4 Å². The van der Waals surface area contributed by atoms with Gasteiger partial charge in [-0.3, -0.25) is 0 Å². The number of rotatable bonds is 4. The maximum absolute atomic E-state index is 12.1. The van der Waals surface area contributed by atoms with Gasteiger partial charge in [-0.1, -0.05) is 48.5 Å². The summed E-state index contributed by atoms with van der Waals surface area (Å²) >= 11 is 1.96. The van der Waals surface area contributed by atoms with Crippen LogP contribution >= 0.6 is 22.6 Å². The maximum atomic E-state index is 12.1. The van der Waals surface area contributed by atoms with Crippen LogP contribution < -0.4 is 0 Å². The minimum absolute atomic E-state index is 0.140. The van der Waals surface area contributed by atoms with Gasteiger partial charge in [0.15, 0.2) is 5.76 Å². The highest BCUT2D eigenvalue weighted by atomic mass is 127. The first kappa shape index (κ1) is 14.1. The Kier molecular flexibility index (Phi) is 4.60. The lowest BCUT2D eigenvalue weighted by atomic mass is 10.2. The van der Waals surface area contributed by atoms with Crippen LogP contribution in [0, 0.1) is 0 Å². The van der Waals surface area contributed by atoms with Crippen molar-refractivity contribution in [2.24, 2.45) is 0 Å². The van der Waals surface area contributed by atoms with Gasteiger partial charge in [0.25, 0.3) is 0 Å². The van der Waals surface area contributed by atoms with Crippen LogP contribution in [0.5, 0.6) is 0 Å². The van der Waals surface area contributed by atoms with E-state index >= 15 is 0 Å². The van der Waals surface area contributed by atoms with E-state index in [0.29, 0.717) is 5.76 Å². The van der Waals surface area contributed by atoms with Gasteiger partial charge >= 0.3 is 10.1 Å². The van der Waals surface area contributed by atoms with Crippen molar-refractivity contribution in [1.82, 2.24) is 0 Å². The maximum Gasteiger partial charge on any atom is 0.339 e. The smallest absolute Gasteiger partial charge is 0.339 e. The molecule has 5 heteroatoms. The van der Waals surface area contributed by atoms with Gasteiger partial charge < -0.3 is 4.18 Å². The SMILES string of the molecule is O=S(=O)(O/C(=C/I)c1ccccc1)c1ccccc1. The van der Waals surface area contributed by atoms with E-state index in [1.807, 2.05) is 40.8 Å². The molecule has 3 nitrogen and oxygen atoms in total. The molecule has 0 saturated carbocycles. The molecule has 0 amide bonds. The molecule has 0 spiro atoms. The highest BCUT2D eigenvalue weighted by Gasteiger charge is 2.18. The second-order valence-corrected chi connectivity index (χ2v) is 5.86. The summed E-state index contributed by atoms with van der Waals surface area (Å²) in [6.07, 6.45) is 0. The van der Waals surface area contributed by atoms with Crippen molar-refractivity contribution in [2.75, 3.05) is 0 Å². The molecule has 0 saturated heterocycles. The van der Waals surface area contributed by atoms with Crippen molar-refractivity contribution in [3.05, 3.63) is 70.3 Å². The van der Waals surface area contributed by atoms with Crippen molar-refractivity contribution in [1.29, 1.82) is 0 Å². The molecule has 2 aromatic rings. The highest BCUT2D eigenvalue weighted by molar-refractivity contribution is 14.1. The summed E-state index contributed by atoms with van der Waals surface area (Å²) in [6.45, 7) is 0. The quantitative estimate of drug-likeness (QED) is 0.456. The number of halogens is 1. The Morgan fingerprint density at radius 3 is 2.00 bits per heavy atom. The van der Waals surface area contributed by atoms with Gasteiger partial charge in [0.1, 0.15) is 4.90 Å². The summed E-state index contributed by atoms with van der Waals surface area (Å²) in [4.78, 5) is 0.140. The number of hydrogen-bond acceptors (Lipinski definition) is 3. The molecule has 0 aliphatic heterocycles. The molecule has 0 atom stereocenters. The average Bonchev–Trinajstić information content (AvgIpc) is 2.47. The standard InChI is InChI=1S/C14H11IO3S/c15-11-14(12-7-3-1-4-8-12)18-19(16,17)13-9-5-2-6-10-13/h1-11H/b14-11+. The number of hydrogen-bond donors (Lipinski definition) is 0. The molecule has 0 aliphatic rings. The van der Waals surface area contributed by atoms with E-state index in [9.17, 15) is 8.42 Å². The van der Waals surface area contributed by atoms with Crippen LogP contribution in [0.1, 0.15) is 5.56 Å². The predicted octanol–water partition coefficient (Wildman–Crippen LogP) is 3.83. The van der Waals surface area contributed by atoms with Crippen molar-refractivity contribution in [3.63, 3.8) is 0 Å². The van der Waals surface area contributed by atoms with E-state index in [0.717, 1.165) is 5.56 Å². The average molecular weight is 386 g/mol. The Labute approximate surface area is 126 Å². The second kappa shape index (κ2) is 6.21. The van der Waals surface area contributed by atoms with Crippen LogP contribution in [0.25, 0.3) is 5.76 Å². The monoisotopic (exact) mass is 386 g/mol. The van der Waals surface area contributed by atoms with Crippen LogP contribution in [-0.4, -0.2) is 8.42 Å². The van der Waals surface area contributed by atoms with Gasteiger partial charge in [0, 0.05) is 9.65 Å². The Hall–Kier alpha value is -1.34. The summed E-state index contributed by atoms with van der Waals surface area (Å²) in [6, 6.07) is 17.2. The van der Waals surface area contributed by atoms with Gasteiger partial charge in [-0.15, -0.1) is 0 Å². The van der Waals surface area contributed by atoms with Crippen molar-refractivity contribution in [3.8, 4) is 0 Å². The fourth-order valence-corrected chi connectivity index (χ4v) is 3.11. The molecule has 0 bridgehead atoms. The van der Waals surface area contributed by atoms with Gasteiger partial charge in [-0.25, -0.2) is 0 Å². The lowest BCUT2D eigenvalue weighted by molar-refractivity contribution is 0.464. The predicted molar refractivity (Wildman–Crippen MR) is 83.2 cm³/mol. The lowest BCUT2D eigenvalue weighted by Gasteiger charge is -2.10. The lowest BCUT2D eigenvalue weighted by Crippen LogP contribution is -2.05. The molecular formula is C14H11IO3S. The fraction of sp³-hybridized carbons (Fsp3) is 0.